The summed E-state index contributed by atoms with van der Waals surface area (Å²) in [5.41, 5.74) is 5.77. The average molecular weight is 449 g/mol. The molecule has 1 amide bonds. The highest BCUT2D eigenvalue weighted by Gasteiger charge is 2.47. The third-order valence-electron chi connectivity index (χ3n) is 6.70. The number of aliphatic hydroxyl groups excluding tert-OH is 1. The van der Waals surface area contributed by atoms with Crippen molar-refractivity contribution in [3.05, 3.63) is 106 Å². The molecule has 0 aromatic heterocycles. The molecule has 5 nitrogen and oxygen atoms in total. The van der Waals surface area contributed by atoms with E-state index in [9.17, 15) is 14.7 Å². The van der Waals surface area contributed by atoms with Crippen molar-refractivity contribution in [2.75, 3.05) is 4.90 Å². The Balaban J connectivity index is 1.69. The van der Waals surface area contributed by atoms with Crippen molar-refractivity contribution in [1.82, 2.24) is 0 Å². The number of benzene rings is 3. The molecule has 1 N–H and O–H groups in total. The maximum Gasteiger partial charge on any atom is 0.300 e. The predicted octanol–water partition coefficient (Wildman–Crippen LogP) is 5.37. The van der Waals surface area contributed by atoms with Gasteiger partial charge in [0.15, 0.2) is 0 Å². The van der Waals surface area contributed by atoms with Gasteiger partial charge in [0.25, 0.3) is 11.7 Å². The Kier molecular flexibility index (Phi) is 5.51. The fourth-order valence-electron chi connectivity index (χ4n) is 4.99. The number of hydrogen-bond donors (Lipinski definition) is 1. The fourth-order valence-corrected chi connectivity index (χ4v) is 4.99. The molecule has 0 saturated carbocycles. The first-order valence-corrected chi connectivity index (χ1v) is 11.5. The van der Waals surface area contributed by atoms with Gasteiger partial charge < -0.3 is 5.11 Å². The van der Waals surface area contributed by atoms with Gasteiger partial charge in [-0.15, -0.1) is 0 Å². The molecule has 1 aliphatic carbocycles. The number of ketones is 1. The molecule has 0 spiro atoms. The van der Waals surface area contributed by atoms with Gasteiger partial charge >= 0.3 is 0 Å². The zero-order valence-electron chi connectivity index (χ0n) is 18.9. The van der Waals surface area contributed by atoms with Crippen molar-refractivity contribution in [2.45, 2.75) is 38.6 Å². The highest BCUT2D eigenvalue weighted by molar-refractivity contribution is 6.51. The van der Waals surface area contributed by atoms with Crippen molar-refractivity contribution in [3.63, 3.8) is 0 Å². The molecule has 34 heavy (non-hydrogen) atoms. The molecule has 1 fully saturated rings. The van der Waals surface area contributed by atoms with Gasteiger partial charge in [-0.05, 0) is 79.6 Å². The second-order valence-corrected chi connectivity index (χ2v) is 8.93. The maximum atomic E-state index is 13.3. The third-order valence-corrected chi connectivity index (χ3v) is 6.70. The summed E-state index contributed by atoms with van der Waals surface area (Å²) in [6.45, 7) is 1.95. The first-order chi connectivity index (χ1) is 16.5. The Morgan fingerprint density at radius 3 is 2.41 bits per heavy atom. The van der Waals surface area contributed by atoms with Crippen LogP contribution in [0.5, 0.6) is 0 Å². The van der Waals surface area contributed by atoms with Crippen LogP contribution >= 0.6 is 0 Å². The van der Waals surface area contributed by atoms with E-state index in [4.69, 9.17) is 5.26 Å². The number of fused-ring (bicyclic) bond motifs is 1. The van der Waals surface area contributed by atoms with Crippen LogP contribution in [0.15, 0.2) is 72.3 Å². The molecule has 3 aromatic rings. The van der Waals surface area contributed by atoms with Gasteiger partial charge in [-0.25, -0.2) is 0 Å². The molecule has 0 radical (unpaired) electrons. The molecule has 5 rings (SSSR count). The van der Waals surface area contributed by atoms with Crippen LogP contribution in [0.4, 0.5) is 5.69 Å². The monoisotopic (exact) mass is 448 g/mol. The van der Waals surface area contributed by atoms with Crippen molar-refractivity contribution < 1.29 is 14.7 Å². The Labute approximate surface area is 198 Å². The lowest BCUT2D eigenvalue weighted by atomic mass is 9.88. The number of rotatable bonds is 3. The zero-order valence-corrected chi connectivity index (χ0v) is 18.9. The van der Waals surface area contributed by atoms with Crippen LogP contribution in [0, 0.1) is 18.3 Å². The van der Waals surface area contributed by atoms with E-state index in [2.05, 4.69) is 6.07 Å². The van der Waals surface area contributed by atoms with Crippen LogP contribution < -0.4 is 4.90 Å². The lowest BCUT2D eigenvalue weighted by molar-refractivity contribution is -0.132. The van der Waals surface area contributed by atoms with Gasteiger partial charge in [0, 0.05) is 11.3 Å². The Morgan fingerprint density at radius 1 is 0.971 bits per heavy atom. The Morgan fingerprint density at radius 2 is 1.71 bits per heavy atom. The van der Waals surface area contributed by atoms with Gasteiger partial charge in [-0.3, -0.25) is 14.5 Å². The smallest absolute Gasteiger partial charge is 0.300 e. The maximum absolute atomic E-state index is 13.3. The van der Waals surface area contributed by atoms with Gasteiger partial charge in [-0.1, -0.05) is 42.0 Å². The molecule has 5 heteroatoms. The number of Topliss-reactive ketones (excluding diaryl/α,β-unsaturated/α-hetero) is 1. The van der Waals surface area contributed by atoms with E-state index in [0.717, 1.165) is 36.8 Å². The largest absolute Gasteiger partial charge is 0.507 e. The number of aryl methyl sites for hydroxylation is 3. The minimum atomic E-state index is -0.774. The summed E-state index contributed by atoms with van der Waals surface area (Å²) in [7, 11) is 0. The number of anilines is 1. The molecule has 1 saturated heterocycles. The number of nitrogens with zero attached hydrogens (tertiary/aromatic N) is 2. The summed E-state index contributed by atoms with van der Waals surface area (Å²) < 4.78 is 0. The van der Waals surface area contributed by atoms with Crippen LogP contribution in [0.2, 0.25) is 0 Å². The zero-order chi connectivity index (χ0) is 23.8. The van der Waals surface area contributed by atoms with E-state index in [1.54, 1.807) is 24.3 Å². The summed E-state index contributed by atoms with van der Waals surface area (Å²) in [6.07, 6.45) is 4.21. The Hall–Kier alpha value is -4.17. The summed E-state index contributed by atoms with van der Waals surface area (Å²) >= 11 is 0. The first-order valence-electron chi connectivity index (χ1n) is 11.5. The van der Waals surface area contributed by atoms with E-state index in [0.29, 0.717) is 16.8 Å². The van der Waals surface area contributed by atoms with E-state index in [1.165, 1.54) is 16.0 Å². The van der Waals surface area contributed by atoms with E-state index in [-0.39, 0.29) is 11.3 Å². The van der Waals surface area contributed by atoms with Crippen LogP contribution in [0.1, 0.15) is 52.3 Å². The average Bonchev–Trinajstić information content (AvgIpc) is 3.13. The van der Waals surface area contributed by atoms with Crippen molar-refractivity contribution >= 4 is 23.1 Å². The van der Waals surface area contributed by atoms with Crippen molar-refractivity contribution in [3.8, 4) is 6.07 Å². The number of hydrogen-bond acceptors (Lipinski definition) is 4. The Bertz CT molecular complexity index is 1380. The lowest BCUT2D eigenvalue weighted by Crippen LogP contribution is -2.29. The van der Waals surface area contributed by atoms with Crippen LogP contribution in [-0.4, -0.2) is 16.8 Å². The topological polar surface area (TPSA) is 81.4 Å². The second-order valence-electron chi connectivity index (χ2n) is 8.93. The number of carbonyl (C=O) groups is 2. The molecular weight excluding hydrogens is 424 g/mol. The van der Waals surface area contributed by atoms with Gasteiger partial charge in [-0.2, -0.15) is 5.26 Å². The quantitative estimate of drug-likeness (QED) is 0.332. The third kappa shape index (κ3) is 3.68. The summed E-state index contributed by atoms with van der Waals surface area (Å²) in [6, 6.07) is 21.3. The summed E-state index contributed by atoms with van der Waals surface area (Å²) in [5.74, 6) is -1.57. The standard InChI is InChI=1S/C29H24N2O3/c1-18-5-4-8-22(15-18)26-25(27(32)23-12-11-20-6-2-3-7-21(20)16-23)28(33)29(34)31(26)24-13-9-19(17-30)10-14-24/h4-5,8-16,26,32H,2-3,6-7H2,1H3/b27-25-. The molecule has 3 aromatic carbocycles. The number of amides is 1. The van der Waals surface area contributed by atoms with Crippen LogP contribution in [0.25, 0.3) is 5.76 Å². The van der Waals surface area contributed by atoms with Crippen LogP contribution in [0.3, 0.4) is 0 Å². The van der Waals surface area contributed by atoms with Crippen molar-refractivity contribution in [1.29, 1.82) is 5.26 Å². The molecule has 1 aliphatic heterocycles. The number of nitriles is 1. The number of aliphatic hydroxyl groups is 1. The minimum absolute atomic E-state index is 0.0794. The fraction of sp³-hybridized carbons (Fsp3) is 0.207. The molecule has 1 atom stereocenters. The van der Waals surface area contributed by atoms with Gasteiger partial charge in [0.05, 0.1) is 23.2 Å². The highest BCUT2D eigenvalue weighted by Crippen LogP contribution is 2.42. The molecule has 0 bridgehead atoms. The second kappa shape index (κ2) is 8.64. The normalized spacial score (nSPS) is 19.1. The predicted molar refractivity (Wildman–Crippen MR) is 130 cm³/mol. The summed E-state index contributed by atoms with van der Waals surface area (Å²) in [5, 5.41) is 20.5. The van der Waals surface area contributed by atoms with Gasteiger partial charge in [0.1, 0.15) is 5.76 Å². The molecule has 168 valence electrons. The van der Waals surface area contributed by atoms with Crippen LogP contribution in [-0.2, 0) is 22.4 Å². The SMILES string of the molecule is Cc1cccc(C2/C(=C(/O)c3ccc4c(c3)CCCC4)C(=O)C(=O)N2c2ccc(C#N)cc2)c1. The van der Waals surface area contributed by atoms with E-state index < -0.39 is 17.7 Å². The van der Waals surface area contributed by atoms with Crippen molar-refractivity contribution in [2.24, 2.45) is 0 Å². The minimum Gasteiger partial charge on any atom is -0.507 e. The van der Waals surface area contributed by atoms with E-state index >= 15 is 0 Å². The molecule has 2 aliphatic rings. The number of carbonyl (C=O) groups excluding carboxylic acids is 2. The molecular formula is C29H24N2O3. The van der Waals surface area contributed by atoms with Gasteiger partial charge in [0.2, 0.25) is 0 Å². The van der Waals surface area contributed by atoms with E-state index in [1.807, 2.05) is 49.4 Å². The molecule has 1 heterocycles. The lowest BCUT2D eigenvalue weighted by Gasteiger charge is -2.26. The molecule has 1 unspecified atom stereocenters. The highest BCUT2D eigenvalue weighted by atomic mass is 16.3. The first kappa shape index (κ1) is 21.7. The summed E-state index contributed by atoms with van der Waals surface area (Å²) in [4.78, 5) is 28.0.